The maximum absolute atomic E-state index is 13.1. The molecule has 0 aliphatic heterocycles. The van der Waals surface area contributed by atoms with Crippen LogP contribution < -0.4 is 5.32 Å². The minimum Gasteiger partial charge on any atom is -0.348 e. The fourth-order valence-electron chi connectivity index (χ4n) is 3.51. The van der Waals surface area contributed by atoms with E-state index in [0.717, 1.165) is 35.4 Å². The number of amides is 1. The highest BCUT2D eigenvalue weighted by molar-refractivity contribution is 7.88. The number of nitrogens with zero attached hydrogens (tertiary/aromatic N) is 1. The van der Waals surface area contributed by atoms with E-state index in [-0.39, 0.29) is 11.9 Å². The van der Waals surface area contributed by atoms with E-state index >= 15 is 0 Å². The Kier molecular flexibility index (Phi) is 5.44. The van der Waals surface area contributed by atoms with Gasteiger partial charge < -0.3 is 5.32 Å². The highest BCUT2D eigenvalue weighted by Gasteiger charge is 2.32. The Balaban J connectivity index is 1.90. The Bertz CT molecular complexity index is 881. The molecule has 1 amide bonds. The van der Waals surface area contributed by atoms with Gasteiger partial charge in [-0.15, -0.1) is 0 Å². The fourth-order valence-corrected chi connectivity index (χ4v) is 4.11. The number of hydrogen-bond donors (Lipinski definition) is 1. The quantitative estimate of drug-likeness (QED) is 0.878. The first kappa shape index (κ1) is 18.6. The molecule has 0 unspecified atom stereocenters. The van der Waals surface area contributed by atoms with Crippen LogP contribution in [-0.2, 0) is 21.2 Å². The lowest BCUT2D eigenvalue weighted by Gasteiger charge is -2.31. The zero-order chi connectivity index (χ0) is 18.7. The molecular weight excluding hydrogens is 348 g/mol. The number of carbonyl (C=O) groups excluding carboxylic acids is 1. The molecule has 0 aromatic heterocycles. The van der Waals surface area contributed by atoms with E-state index in [2.05, 4.69) is 11.4 Å². The molecule has 0 fully saturated rings. The van der Waals surface area contributed by atoms with Gasteiger partial charge in [0.15, 0.2) is 0 Å². The zero-order valence-corrected chi connectivity index (χ0v) is 15.9. The molecule has 0 heterocycles. The van der Waals surface area contributed by atoms with Crippen molar-refractivity contribution >= 4 is 15.9 Å². The van der Waals surface area contributed by atoms with Gasteiger partial charge in [0.25, 0.3) is 0 Å². The van der Waals surface area contributed by atoms with Crippen LogP contribution in [0.3, 0.4) is 0 Å². The number of benzene rings is 2. The second-order valence-corrected chi connectivity index (χ2v) is 8.79. The summed E-state index contributed by atoms with van der Waals surface area (Å²) in [6, 6.07) is 16.1. The second kappa shape index (κ2) is 7.60. The standard InChI is InChI=1S/C20H24N2O3S/c1-22(26(2,24)25)19(16-10-4-3-5-11-16)20(23)21-18-14-8-12-15-9-6-7-13-17(15)18/h3-7,9-11,13,18-19H,8,12,14H2,1-2H3,(H,21,23)/t18-,19+/m1/s1. The summed E-state index contributed by atoms with van der Waals surface area (Å²) in [5.41, 5.74) is 3.03. The number of likely N-dealkylation sites (N-methyl/N-ethyl adjacent to an activating group) is 1. The molecule has 0 radical (unpaired) electrons. The molecule has 1 aliphatic carbocycles. The van der Waals surface area contributed by atoms with Gasteiger partial charge in [-0.25, -0.2) is 8.42 Å². The highest BCUT2D eigenvalue weighted by Crippen LogP contribution is 2.31. The molecule has 0 saturated heterocycles. The van der Waals surface area contributed by atoms with Gasteiger partial charge in [-0.3, -0.25) is 4.79 Å². The lowest BCUT2D eigenvalue weighted by Crippen LogP contribution is -2.43. The maximum Gasteiger partial charge on any atom is 0.243 e. The summed E-state index contributed by atoms with van der Waals surface area (Å²) in [5.74, 6) is -0.300. The van der Waals surface area contributed by atoms with Crippen molar-refractivity contribution in [3.05, 3.63) is 71.3 Å². The van der Waals surface area contributed by atoms with Crippen molar-refractivity contribution in [2.45, 2.75) is 31.3 Å². The van der Waals surface area contributed by atoms with Crippen LogP contribution >= 0.6 is 0 Å². The van der Waals surface area contributed by atoms with Gasteiger partial charge in [-0.05, 0) is 36.0 Å². The Morgan fingerprint density at radius 1 is 1.12 bits per heavy atom. The molecule has 1 N–H and O–H groups in total. The van der Waals surface area contributed by atoms with E-state index < -0.39 is 16.1 Å². The van der Waals surface area contributed by atoms with Crippen LogP contribution in [0.4, 0.5) is 0 Å². The van der Waals surface area contributed by atoms with Gasteiger partial charge in [0, 0.05) is 7.05 Å². The van der Waals surface area contributed by atoms with Crippen molar-refractivity contribution in [2.75, 3.05) is 13.3 Å². The smallest absolute Gasteiger partial charge is 0.243 e. The van der Waals surface area contributed by atoms with Gasteiger partial charge in [-0.1, -0.05) is 54.6 Å². The normalized spacial score (nSPS) is 18.2. The number of aryl methyl sites for hydroxylation is 1. The van der Waals surface area contributed by atoms with E-state index in [1.165, 1.54) is 12.6 Å². The lowest BCUT2D eigenvalue weighted by molar-refractivity contribution is -0.125. The van der Waals surface area contributed by atoms with Crippen LogP contribution in [0.2, 0.25) is 0 Å². The Morgan fingerprint density at radius 3 is 2.46 bits per heavy atom. The zero-order valence-electron chi connectivity index (χ0n) is 15.1. The van der Waals surface area contributed by atoms with Crippen LogP contribution in [-0.4, -0.2) is 31.9 Å². The lowest BCUT2D eigenvalue weighted by atomic mass is 9.87. The van der Waals surface area contributed by atoms with Crippen molar-refractivity contribution in [1.82, 2.24) is 9.62 Å². The van der Waals surface area contributed by atoms with Gasteiger partial charge in [-0.2, -0.15) is 4.31 Å². The van der Waals surface area contributed by atoms with E-state index in [4.69, 9.17) is 0 Å². The van der Waals surface area contributed by atoms with E-state index in [1.807, 2.05) is 36.4 Å². The minimum atomic E-state index is -3.52. The van der Waals surface area contributed by atoms with Crippen molar-refractivity contribution in [3.8, 4) is 0 Å². The molecule has 2 aromatic carbocycles. The first-order valence-corrected chi connectivity index (χ1v) is 10.6. The van der Waals surface area contributed by atoms with Crippen molar-refractivity contribution in [2.24, 2.45) is 0 Å². The van der Waals surface area contributed by atoms with Crippen molar-refractivity contribution in [3.63, 3.8) is 0 Å². The monoisotopic (exact) mass is 372 g/mol. The number of carbonyl (C=O) groups is 1. The average molecular weight is 372 g/mol. The number of hydrogen-bond acceptors (Lipinski definition) is 3. The highest BCUT2D eigenvalue weighted by atomic mass is 32.2. The summed E-state index contributed by atoms with van der Waals surface area (Å²) < 4.78 is 25.3. The second-order valence-electron chi connectivity index (χ2n) is 6.74. The molecule has 2 atom stereocenters. The summed E-state index contributed by atoms with van der Waals surface area (Å²) in [7, 11) is -2.08. The van der Waals surface area contributed by atoms with Crippen molar-refractivity contribution in [1.29, 1.82) is 0 Å². The molecule has 6 heteroatoms. The molecular formula is C20H24N2O3S. The summed E-state index contributed by atoms with van der Waals surface area (Å²) in [6.07, 6.45) is 3.98. The van der Waals surface area contributed by atoms with Crippen LogP contribution in [0.25, 0.3) is 0 Å². The molecule has 26 heavy (non-hydrogen) atoms. The molecule has 138 valence electrons. The van der Waals surface area contributed by atoms with Crippen LogP contribution in [0, 0.1) is 0 Å². The predicted octanol–water partition coefficient (Wildman–Crippen LogP) is 2.81. The van der Waals surface area contributed by atoms with Crippen LogP contribution in [0.1, 0.15) is 41.6 Å². The molecule has 2 aromatic rings. The van der Waals surface area contributed by atoms with Gasteiger partial charge >= 0.3 is 0 Å². The third-order valence-electron chi connectivity index (χ3n) is 4.94. The SMILES string of the molecule is CN([C@H](C(=O)N[C@@H]1CCCc2ccccc21)c1ccccc1)S(C)(=O)=O. The summed E-state index contributed by atoms with van der Waals surface area (Å²) in [6.45, 7) is 0. The van der Waals surface area contributed by atoms with E-state index in [1.54, 1.807) is 12.1 Å². The topological polar surface area (TPSA) is 66.5 Å². The third kappa shape index (κ3) is 3.97. The first-order chi connectivity index (χ1) is 12.4. The van der Waals surface area contributed by atoms with E-state index in [9.17, 15) is 13.2 Å². The van der Waals surface area contributed by atoms with Gasteiger partial charge in [0.05, 0.1) is 12.3 Å². The number of nitrogens with one attached hydrogen (secondary N) is 1. The molecule has 5 nitrogen and oxygen atoms in total. The average Bonchev–Trinajstić information content (AvgIpc) is 2.62. The Labute approximate surface area is 155 Å². The number of fused-ring (bicyclic) bond motifs is 1. The largest absolute Gasteiger partial charge is 0.348 e. The summed E-state index contributed by atoms with van der Waals surface area (Å²) in [5, 5.41) is 3.08. The molecule has 0 saturated carbocycles. The van der Waals surface area contributed by atoms with Crippen molar-refractivity contribution < 1.29 is 13.2 Å². The molecule has 0 spiro atoms. The van der Waals surface area contributed by atoms with Crippen LogP contribution in [0.5, 0.6) is 0 Å². The Morgan fingerprint density at radius 2 is 1.77 bits per heavy atom. The first-order valence-electron chi connectivity index (χ1n) is 8.74. The number of rotatable bonds is 5. The summed E-state index contributed by atoms with van der Waals surface area (Å²) >= 11 is 0. The Hall–Kier alpha value is -2.18. The fraction of sp³-hybridized carbons (Fsp3) is 0.350. The predicted molar refractivity (Wildman–Crippen MR) is 102 cm³/mol. The molecule has 1 aliphatic rings. The molecule has 3 rings (SSSR count). The minimum absolute atomic E-state index is 0.0911. The molecule has 0 bridgehead atoms. The van der Waals surface area contributed by atoms with E-state index in [0.29, 0.717) is 5.56 Å². The maximum atomic E-state index is 13.1. The summed E-state index contributed by atoms with van der Waals surface area (Å²) in [4.78, 5) is 13.1. The number of sulfonamides is 1. The van der Waals surface area contributed by atoms with Crippen LogP contribution in [0.15, 0.2) is 54.6 Å². The third-order valence-corrected chi connectivity index (χ3v) is 6.19. The van der Waals surface area contributed by atoms with Gasteiger partial charge in [0.2, 0.25) is 15.9 Å². The van der Waals surface area contributed by atoms with Gasteiger partial charge in [0.1, 0.15) is 6.04 Å².